The molecule has 0 bridgehead atoms. The molecule has 1 aromatic rings. The fraction of sp³-hybridized carbons (Fsp3) is 0.400. The van der Waals surface area contributed by atoms with Crippen LogP contribution in [-0.4, -0.2) is 35.4 Å². The number of amides is 1. The van der Waals surface area contributed by atoms with E-state index in [0.717, 1.165) is 28.9 Å². The summed E-state index contributed by atoms with van der Waals surface area (Å²) in [6.07, 6.45) is 1.87. The van der Waals surface area contributed by atoms with E-state index in [2.05, 4.69) is 43.9 Å². The Morgan fingerprint density at radius 2 is 2.40 bits per heavy atom. The molecule has 1 aromatic heterocycles. The van der Waals surface area contributed by atoms with Crippen LogP contribution in [0.4, 0.5) is 0 Å². The molecule has 1 saturated heterocycles. The van der Waals surface area contributed by atoms with Crippen molar-refractivity contribution in [3.8, 4) is 0 Å². The lowest BCUT2D eigenvalue weighted by Crippen LogP contribution is -2.47. The molecule has 0 saturated carbocycles. The summed E-state index contributed by atoms with van der Waals surface area (Å²) in [5.41, 5.74) is 1.16. The lowest BCUT2D eigenvalue weighted by molar-refractivity contribution is -0.124. The Bertz CT molecular complexity index is 352. The molecule has 0 spiro atoms. The fourth-order valence-electron chi connectivity index (χ4n) is 1.58. The van der Waals surface area contributed by atoms with Gasteiger partial charge in [0.1, 0.15) is 3.70 Å². The third kappa shape index (κ3) is 3.13. The molecule has 80 valence electrons. The second kappa shape index (κ2) is 4.89. The summed E-state index contributed by atoms with van der Waals surface area (Å²) in [7, 11) is 0. The third-order valence-electron chi connectivity index (χ3n) is 2.31. The molecular weight excluding hydrogens is 305 g/mol. The van der Waals surface area contributed by atoms with Gasteiger partial charge in [-0.2, -0.15) is 0 Å². The first-order valence-corrected chi connectivity index (χ1v) is 5.91. The Balaban J connectivity index is 1.96. The van der Waals surface area contributed by atoms with Gasteiger partial charge in [-0.3, -0.25) is 14.7 Å². The molecule has 1 aliphatic heterocycles. The van der Waals surface area contributed by atoms with E-state index in [0.29, 0.717) is 6.54 Å². The van der Waals surface area contributed by atoms with Crippen LogP contribution in [-0.2, 0) is 11.3 Å². The third-order valence-corrected chi connectivity index (χ3v) is 2.95. The number of carbonyl (C=O) groups excluding carboxylic acids is 1. The highest BCUT2D eigenvalue weighted by molar-refractivity contribution is 14.1. The molecule has 1 amide bonds. The number of nitrogens with one attached hydrogen (secondary N) is 1. The zero-order valence-electron chi connectivity index (χ0n) is 8.24. The van der Waals surface area contributed by atoms with Crippen molar-refractivity contribution in [3.63, 3.8) is 0 Å². The van der Waals surface area contributed by atoms with Gasteiger partial charge in [0.15, 0.2) is 0 Å². The van der Waals surface area contributed by atoms with Gasteiger partial charge in [0.2, 0.25) is 5.91 Å². The molecule has 0 aliphatic carbocycles. The summed E-state index contributed by atoms with van der Waals surface area (Å²) in [6.45, 7) is 2.96. The van der Waals surface area contributed by atoms with Gasteiger partial charge in [0, 0.05) is 25.8 Å². The highest BCUT2D eigenvalue weighted by atomic mass is 127. The molecule has 15 heavy (non-hydrogen) atoms. The summed E-state index contributed by atoms with van der Waals surface area (Å²) in [4.78, 5) is 17.5. The van der Waals surface area contributed by atoms with Crippen molar-refractivity contribution in [1.82, 2.24) is 15.2 Å². The first-order valence-electron chi connectivity index (χ1n) is 4.83. The normalized spacial score (nSPS) is 17.5. The molecule has 0 radical (unpaired) electrons. The summed E-state index contributed by atoms with van der Waals surface area (Å²) in [5, 5.41) is 2.81. The van der Waals surface area contributed by atoms with Crippen molar-refractivity contribution in [2.45, 2.75) is 6.54 Å². The van der Waals surface area contributed by atoms with Crippen molar-refractivity contribution in [1.29, 1.82) is 0 Å². The number of pyridine rings is 1. The van der Waals surface area contributed by atoms with Crippen molar-refractivity contribution in [2.24, 2.45) is 0 Å². The molecule has 1 aliphatic rings. The van der Waals surface area contributed by atoms with Crippen LogP contribution in [0.25, 0.3) is 0 Å². The van der Waals surface area contributed by atoms with E-state index in [-0.39, 0.29) is 5.91 Å². The standard InChI is InChI=1S/C10H12IN3O/c11-9-2-1-8(5-13-9)6-14-4-3-12-10(15)7-14/h1-2,5H,3-4,6-7H2,(H,12,15). The van der Waals surface area contributed by atoms with Gasteiger partial charge in [-0.05, 0) is 34.2 Å². The highest BCUT2D eigenvalue weighted by Crippen LogP contribution is 2.07. The van der Waals surface area contributed by atoms with Crippen LogP contribution in [0.1, 0.15) is 5.56 Å². The van der Waals surface area contributed by atoms with Crippen molar-refractivity contribution in [2.75, 3.05) is 19.6 Å². The zero-order chi connectivity index (χ0) is 10.7. The number of hydrogen-bond donors (Lipinski definition) is 1. The average Bonchev–Trinajstić information content (AvgIpc) is 2.22. The zero-order valence-corrected chi connectivity index (χ0v) is 10.4. The van der Waals surface area contributed by atoms with E-state index >= 15 is 0 Å². The van der Waals surface area contributed by atoms with Gasteiger partial charge in [-0.1, -0.05) is 6.07 Å². The number of nitrogens with zero attached hydrogens (tertiary/aromatic N) is 2. The monoisotopic (exact) mass is 317 g/mol. The number of aromatic nitrogens is 1. The Labute approximate surface area is 102 Å². The Morgan fingerprint density at radius 3 is 3.07 bits per heavy atom. The van der Waals surface area contributed by atoms with Crippen molar-refractivity contribution < 1.29 is 4.79 Å². The van der Waals surface area contributed by atoms with E-state index in [1.165, 1.54) is 0 Å². The van der Waals surface area contributed by atoms with Crippen molar-refractivity contribution in [3.05, 3.63) is 27.6 Å². The Morgan fingerprint density at radius 1 is 1.53 bits per heavy atom. The first-order chi connectivity index (χ1) is 7.24. The van der Waals surface area contributed by atoms with Crippen LogP contribution in [0.3, 0.4) is 0 Å². The van der Waals surface area contributed by atoms with E-state index in [1.54, 1.807) is 0 Å². The van der Waals surface area contributed by atoms with E-state index in [4.69, 9.17) is 0 Å². The molecule has 2 rings (SSSR count). The van der Waals surface area contributed by atoms with Gasteiger partial charge >= 0.3 is 0 Å². The lowest BCUT2D eigenvalue weighted by atomic mass is 10.2. The number of hydrogen-bond acceptors (Lipinski definition) is 3. The molecule has 1 fully saturated rings. The number of rotatable bonds is 2. The maximum Gasteiger partial charge on any atom is 0.234 e. The van der Waals surface area contributed by atoms with Gasteiger partial charge in [0.25, 0.3) is 0 Å². The minimum absolute atomic E-state index is 0.111. The second-order valence-electron chi connectivity index (χ2n) is 3.55. The molecule has 2 heterocycles. The topological polar surface area (TPSA) is 45.2 Å². The molecule has 4 nitrogen and oxygen atoms in total. The number of halogens is 1. The summed E-state index contributed by atoms with van der Waals surface area (Å²) in [6, 6.07) is 4.04. The van der Waals surface area contributed by atoms with Crippen LogP contribution < -0.4 is 5.32 Å². The summed E-state index contributed by atoms with van der Waals surface area (Å²) in [5.74, 6) is 0.111. The maximum atomic E-state index is 11.1. The molecule has 0 aromatic carbocycles. The largest absolute Gasteiger partial charge is 0.354 e. The van der Waals surface area contributed by atoms with E-state index in [1.807, 2.05) is 12.3 Å². The van der Waals surface area contributed by atoms with Crippen LogP contribution in [0.5, 0.6) is 0 Å². The molecular formula is C10H12IN3O. The number of carbonyl (C=O) groups is 1. The quantitative estimate of drug-likeness (QED) is 0.642. The van der Waals surface area contributed by atoms with Gasteiger partial charge < -0.3 is 5.32 Å². The maximum absolute atomic E-state index is 11.1. The van der Waals surface area contributed by atoms with Crippen LogP contribution in [0.2, 0.25) is 0 Å². The first kappa shape index (κ1) is 10.8. The number of piperazine rings is 1. The Kier molecular flexibility index (Phi) is 3.53. The van der Waals surface area contributed by atoms with Crippen LogP contribution in [0.15, 0.2) is 18.3 Å². The summed E-state index contributed by atoms with van der Waals surface area (Å²) >= 11 is 2.18. The predicted octanol–water partition coefficient (Wildman–Crippen LogP) is 0.618. The average molecular weight is 317 g/mol. The predicted molar refractivity (Wildman–Crippen MR) is 65.2 cm³/mol. The van der Waals surface area contributed by atoms with Crippen LogP contribution >= 0.6 is 22.6 Å². The lowest BCUT2D eigenvalue weighted by Gasteiger charge is -2.26. The smallest absolute Gasteiger partial charge is 0.234 e. The molecule has 0 atom stereocenters. The van der Waals surface area contributed by atoms with Gasteiger partial charge in [-0.25, -0.2) is 0 Å². The fourth-order valence-corrected chi connectivity index (χ4v) is 1.90. The Hall–Kier alpha value is -0.690. The molecule has 0 unspecified atom stereocenters. The molecule has 1 N–H and O–H groups in total. The molecule has 5 heteroatoms. The van der Waals surface area contributed by atoms with Crippen molar-refractivity contribution >= 4 is 28.5 Å². The van der Waals surface area contributed by atoms with Crippen LogP contribution in [0, 0.1) is 3.70 Å². The van der Waals surface area contributed by atoms with E-state index < -0.39 is 0 Å². The SMILES string of the molecule is O=C1CN(Cc2ccc(I)nc2)CCN1. The second-order valence-corrected chi connectivity index (χ2v) is 4.66. The van der Waals surface area contributed by atoms with Gasteiger partial charge in [0.05, 0.1) is 6.54 Å². The summed E-state index contributed by atoms with van der Waals surface area (Å²) < 4.78 is 0.993. The highest BCUT2D eigenvalue weighted by Gasteiger charge is 2.15. The van der Waals surface area contributed by atoms with E-state index in [9.17, 15) is 4.79 Å². The minimum atomic E-state index is 0.111. The van der Waals surface area contributed by atoms with Gasteiger partial charge in [-0.15, -0.1) is 0 Å². The minimum Gasteiger partial charge on any atom is -0.354 e.